The predicted octanol–water partition coefficient (Wildman–Crippen LogP) is 3.33. The van der Waals surface area contributed by atoms with Crippen molar-refractivity contribution >= 4 is 0 Å². The lowest BCUT2D eigenvalue weighted by Crippen LogP contribution is -2.63. The molecule has 1 heterocycles. The molecule has 0 radical (unpaired) electrons. The summed E-state index contributed by atoms with van der Waals surface area (Å²) in [6.07, 6.45) is 4.92. The Morgan fingerprint density at radius 3 is 1.90 bits per heavy atom. The lowest BCUT2D eigenvalue weighted by molar-refractivity contribution is -0.0193. The Hall–Kier alpha value is -0.120. The average Bonchev–Trinajstić information content (AvgIpc) is 2.47. The van der Waals surface area contributed by atoms with Gasteiger partial charge in [0.25, 0.3) is 0 Å². The van der Waals surface area contributed by atoms with Gasteiger partial charge in [-0.15, -0.1) is 0 Å². The normalized spacial score (nSPS) is 20.1. The van der Waals surface area contributed by atoms with Crippen molar-refractivity contribution in [3.63, 3.8) is 0 Å². The molecular weight excluding hydrogens is 258 g/mol. The van der Waals surface area contributed by atoms with Crippen molar-refractivity contribution in [3.8, 4) is 0 Å². The summed E-state index contributed by atoms with van der Waals surface area (Å²) in [4.78, 5) is 5.39. The second kappa shape index (κ2) is 8.50. The van der Waals surface area contributed by atoms with Gasteiger partial charge in [0.05, 0.1) is 0 Å². The van der Waals surface area contributed by atoms with Crippen molar-refractivity contribution in [2.45, 2.75) is 84.8 Å². The molecular formula is C18H39N3. The maximum atomic E-state index is 6.32. The zero-order chi connectivity index (χ0) is 16.0. The standard InChI is InChI=1S/C18H39N3/c1-7-17(8-2)21(13-15(3)4)18(14-19)9-11-20(12-10-18)16(5)6/h15-17H,7-14,19H2,1-6H3. The Bertz CT molecular complexity index is 276. The number of rotatable bonds is 8. The minimum absolute atomic E-state index is 0.229. The lowest BCUT2D eigenvalue weighted by Gasteiger charge is -2.52. The van der Waals surface area contributed by atoms with Crippen LogP contribution in [0.2, 0.25) is 0 Å². The van der Waals surface area contributed by atoms with Crippen LogP contribution in [0.15, 0.2) is 0 Å². The molecule has 0 aliphatic carbocycles. The first-order chi connectivity index (χ1) is 9.90. The van der Waals surface area contributed by atoms with Crippen LogP contribution >= 0.6 is 0 Å². The maximum absolute atomic E-state index is 6.32. The van der Waals surface area contributed by atoms with Crippen LogP contribution in [0.3, 0.4) is 0 Å². The molecule has 1 saturated heterocycles. The van der Waals surface area contributed by atoms with Gasteiger partial charge in [-0.25, -0.2) is 0 Å². The molecule has 0 spiro atoms. The molecule has 2 N–H and O–H groups in total. The summed E-state index contributed by atoms with van der Waals surface area (Å²) in [5.74, 6) is 0.706. The highest BCUT2D eigenvalue weighted by atomic mass is 15.3. The topological polar surface area (TPSA) is 32.5 Å². The first-order valence-electron chi connectivity index (χ1n) is 9.11. The molecule has 0 amide bonds. The van der Waals surface area contributed by atoms with E-state index in [1.165, 1.54) is 45.3 Å². The molecule has 1 rings (SSSR count). The number of hydrogen-bond acceptors (Lipinski definition) is 3. The molecule has 0 atom stereocenters. The maximum Gasteiger partial charge on any atom is 0.0359 e. The molecule has 126 valence electrons. The Balaban J connectivity index is 2.90. The van der Waals surface area contributed by atoms with Gasteiger partial charge in [-0.2, -0.15) is 0 Å². The Labute approximate surface area is 133 Å². The predicted molar refractivity (Wildman–Crippen MR) is 93.6 cm³/mol. The van der Waals surface area contributed by atoms with Crippen molar-refractivity contribution in [1.29, 1.82) is 0 Å². The van der Waals surface area contributed by atoms with Crippen molar-refractivity contribution in [2.75, 3.05) is 26.2 Å². The summed E-state index contributed by atoms with van der Waals surface area (Å²) in [6, 6.07) is 1.34. The van der Waals surface area contributed by atoms with Gasteiger partial charge >= 0.3 is 0 Å². The lowest BCUT2D eigenvalue weighted by atomic mass is 9.82. The highest BCUT2D eigenvalue weighted by Crippen LogP contribution is 2.33. The van der Waals surface area contributed by atoms with Crippen LogP contribution in [-0.2, 0) is 0 Å². The third kappa shape index (κ3) is 4.67. The number of nitrogens with two attached hydrogens (primary N) is 1. The van der Waals surface area contributed by atoms with Gasteiger partial charge in [0.1, 0.15) is 0 Å². The van der Waals surface area contributed by atoms with Crippen LogP contribution < -0.4 is 5.73 Å². The summed E-state index contributed by atoms with van der Waals surface area (Å²) >= 11 is 0. The number of hydrogen-bond donors (Lipinski definition) is 1. The molecule has 0 aromatic rings. The zero-order valence-electron chi connectivity index (χ0n) is 15.4. The van der Waals surface area contributed by atoms with Crippen LogP contribution in [0.1, 0.15) is 67.2 Å². The molecule has 3 nitrogen and oxygen atoms in total. The molecule has 0 aromatic carbocycles. The molecule has 1 aliphatic rings. The molecule has 1 aliphatic heterocycles. The van der Waals surface area contributed by atoms with Crippen molar-refractivity contribution in [2.24, 2.45) is 11.7 Å². The van der Waals surface area contributed by atoms with E-state index in [0.29, 0.717) is 18.0 Å². The van der Waals surface area contributed by atoms with Gasteiger partial charge in [0, 0.05) is 43.8 Å². The highest BCUT2D eigenvalue weighted by molar-refractivity contribution is 4.99. The average molecular weight is 298 g/mol. The van der Waals surface area contributed by atoms with E-state index in [4.69, 9.17) is 5.73 Å². The first-order valence-corrected chi connectivity index (χ1v) is 9.11. The quantitative estimate of drug-likeness (QED) is 0.746. The number of piperidine rings is 1. The summed E-state index contributed by atoms with van der Waals surface area (Å²) in [5, 5.41) is 0. The highest BCUT2D eigenvalue weighted by Gasteiger charge is 2.41. The summed E-state index contributed by atoms with van der Waals surface area (Å²) in [6.45, 7) is 18.3. The Morgan fingerprint density at radius 2 is 1.57 bits per heavy atom. The van der Waals surface area contributed by atoms with Gasteiger partial charge in [-0.1, -0.05) is 27.7 Å². The van der Waals surface area contributed by atoms with Crippen LogP contribution in [0.4, 0.5) is 0 Å². The van der Waals surface area contributed by atoms with Crippen LogP contribution in [0.5, 0.6) is 0 Å². The van der Waals surface area contributed by atoms with E-state index in [0.717, 1.165) is 6.54 Å². The molecule has 0 saturated carbocycles. The summed E-state index contributed by atoms with van der Waals surface area (Å²) in [7, 11) is 0. The monoisotopic (exact) mass is 297 g/mol. The van der Waals surface area contributed by atoms with E-state index < -0.39 is 0 Å². The van der Waals surface area contributed by atoms with Crippen molar-refractivity contribution in [1.82, 2.24) is 9.80 Å². The fourth-order valence-electron chi connectivity index (χ4n) is 3.92. The minimum atomic E-state index is 0.229. The SMILES string of the molecule is CCC(CC)N(CC(C)C)C1(CN)CCN(C(C)C)CC1. The second-order valence-corrected chi connectivity index (χ2v) is 7.57. The largest absolute Gasteiger partial charge is 0.329 e. The second-order valence-electron chi connectivity index (χ2n) is 7.57. The van der Waals surface area contributed by atoms with E-state index in [1.807, 2.05) is 0 Å². The van der Waals surface area contributed by atoms with Crippen molar-refractivity contribution < 1.29 is 0 Å². The van der Waals surface area contributed by atoms with Gasteiger partial charge in [-0.05, 0) is 45.4 Å². The van der Waals surface area contributed by atoms with Gasteiger partial charge in [0.15, 0.2) is 0 Å². The fraction of sp³-hybridized carbons (Fsp3) is 1.00. The molecule has 3 heteroatoms. The van der Waals surface area contributed by atoms with Gasteiger partial charge in [0.2, 0.25) is 0 Å². The molecule has 0 aromatic heterocycles. The van der Waals surface area contributed by atoms with E-state index in [9.17, 15) is 0 Å². The zero-order valence-corrected chi connectivity index (χ0v) is 15.4. The molecule has 0 unspecified atom stereocenters. The first kappa shape index (κ1) is 18.9. The smallest absolute Gasteiger partial charge is 0.0359 e. The molecule has 21 heavy (non-hydrogen) atoms. The van der Waals surface area contributed by atoms with E-state index in [-0.39, 0.29) is 5.54 Å². The number of nitrogens with zero attached hydrogens (tertiary/aromatic N) is 2. The van der Waals surface area contributed by atoms with Crippen LogP contribution in [0.25, 0.3) is 0 Å². The Kier molecular flexibility index (Phi) is 7.66. The van der Waals surface area contributed by atoms with E-state index in [2.05, 4.69) is 51.3 Å². The molecule has 0 bridgehead atoms. The number of likely N-dealkylation sites (tertiary alicyclic amines) is 1. The Morgan fingerprint density at radius 1 is 1.05 bits per heavy atom. The van der Waals surface area contributed by atoms with Crippen molar-refractivity contribution in [3.05, 3.63) is 0 Å². The third-order valence-electron chi connectivity index (χ3n) is 5.39. The van der Waals surface area contributed by atoms with E-state index >= 15 is 0 Å². The van der Waals surface area contributed by atoms with Gasteiger partial charge < -0.3 is 10.6 Å². The van der Waals surface area contributed by atoms with E-state index in [1.54, 1.807) is 0 Å². The summed E-state index contributed by atoms with van der Waals surface area (Å²) < 4.78 is 0. The summed E-state index contributed by atoms with van der Waals surface area (Å²) in [5.41, 5.74) is 6.55. The van der Waals surface area contributed by atoms with Gasteiger partial charge in [-0.3, -0.25) is 4.90 Å². The van der Waals surface area contributed by atoms with Crippen LogP contribution in [0, 0.1) is 5.92 Å². The van der Waals surface area contributed by atoms with Crippen LogP contribution in [-0.4, -0.2) is 53.6 Å². The molecule has 1 fully saturated rings. The minimum Gasteiger partial charge on any atom is -0.329 e. The third-order valence-corrected chi connectivity index (χ3v) is 5.39. The fourth-order valence-corrected chi connectivity index (χ4v) is 3.92.